The molecule has 2 aromatic rings. The second kappa shape index (κ2) is 5.77. The molecule has 1 aromatic heterocycles. The number of hydrogen-bond donors (Lipinski definition) is 0. The van der Waals surface area contributed by atoms with Crippen LogP contribution in [0.15, 0.2) is 45.3 Å². The molecule has 1 heterocycles. The number of nitrogens with zero attached hydrogens (tertiary/aromatic N) is 2. The molecule has 0 fully saturated rings. The van der Waals surface area contributed by atoms with Crippen LogP contribution in [0.4, 0.5) is 5.88 Å². The van der Waals surface area contributed by atoms with E-state index in [-0.39, 0.29) is 0 Å². The first kappa shape index (κ1) is 13.4. The van der Waals surface area contributed by atoms with Crippen LogP contribution in [0.1, 0.15) is 11.3 Å². The quantitative estimate of drug-likeness (QED) is 0.798. The average molecular weight is 317 g/mol. The van der Waals surface area contributed by atoms with Gasteiger partial charge in [-0.05, 0) is 27.6 Å². The van der Waals surface area contributed by atoms with Crippen LogP contribution in [0.2, 0.25) is 0 Å². The minimum absolute atomic E-state index is 0.576. The van der Waals surface area contributed by atoms with Crippen molar-refractivity contribution >= 4 is 33.5 Å². The highest BCUT2D eigenvalue weighted by molar-refractivity contribution is 9.10. The fourth-order valence-corrected chi connectivity index (χ4v) is 2.35. The number of rotatable bonds is 3. The Bertz CT molecular complexity index is 636. The van der Waals surface area contributed by atoms with Crippen LogP contribution < -0.4 is 4.90 Å². The summed E-state index contributed by atoms with van der Waals surface area (Å²) < 4.78 is 6.55. The fraction of sp³-hybridized carbons (Fsp3) is 0.133. The summed E-state index contributed by atoms with van der Waals surface area (Å²) in [4.78, 5) is 1.87. The molecule has 1 aromatic carbocycles. The van der Waals surface area contributed by atoms with Gasteiger partial charge in [-0.1, -0.05) is 30.3 Å². The zero-order valence-corrected chi connectivity index (χ0v) is 12.3. The number of halogens is 1. The molecule has 4 heteroatoms. The van der Waals surface area contributed by atoms with Crippen molar-refractivity contribution in [3.8, 4) is 6.07 Å². The molecule has 0 N–H and O–H groups in total. The Morgan fingerprint density at radius 2 is 2.00 bits per heavy atom. The van der Waals surface area contributed by atoms with Gasteiger partial charge in [-0.15, -0.1) is 0 Å². The van der Waals surface area contributed by atoms with Crippen molar-refractivity contribution in [1.29, 1.82) is 5.26 Å². The monoisotopic (exact) mass is 316 g/mol. The second-order valence-electron chi connectivity index (χ2n) is 4.23. The van der Waals surface area contributed by atoms with Gasteiger partial charge in [-0.25, -0.2) is 0 Å². The van der Waals surface area contributed by atoms with Crippen molar-refractivity contribution in [3.63, 3.8) is 0 Å². The predicted molar refractivity (Wildman–Crippen MR) is 80.7 cm³/mol. The normalized spacial score (nSPS) is 11.2. The molecule has 0 saturated heterocycles. The first-order valence-corrected chi connectivity index (χ1v) is 6.55. The molecule has 0 atom stereocenters. The molecule has 0 radical (unpaired) electrons. The maximum Gasteiger partial charge on any atom is 0.209 e. The van der Waals surface area contributed by atoms with Gasteiger partial charge >= 0.3 is 0 Å². The maximum absolute atomic E-state index is 9.24. The molecule has 0 unspecified atom stereocenters. The Morgan fingerprint density at radius 1 is 1.32 bits per heavy atom. The Hall–Kier alpha value is -1.99. The largest absolute Gasteiger partial charge is 0.440 e. The molecule has 2 rings (SSSR count). The summed E-state index contributed by atoms with van der Waals surface area (Å²) in [6.07, 6.45) is 1.74. The van der Waals surface area contributed by atoms with Crippen molar-refractivity contribution in [1.82, 2.24) is 0 Å². The van der Waals surface area contributed by atoms with Crippen molar-refractivity contribution in [3.05, 3.63) is 52.2 Å². The van der Waals surface area contributed by atoms with E-state index in [2.05, 4.69) is 22.0 Å². The number of anilines is 1. The zero-order chi connectivity index (χ0) is 13.8. The molecular formula is C15H13BrN2O. The maximum atomic E-state index is 9.24. The Morgan fingerprint density at radius 3 is 2.53 bits per heavy atom. The van der Waals surface area contributed by atoms with Crippen LogP contribution in [-0.2, 0) is 0 Å². The lowest BCUT2D eigenvalue weighted by atomic mass is 10.1. The average Bonchev–Trinajstić information content (AvgIpc) is 2.78. The first-order chi connectivity index (χ1) is 9.11. The smallest absolute Gasteiger partial charge is 0.209 e. The summed E-state index contributed by atoms with van der Waals surface area (Å²) in [7, 11) is 3.80. The van der Waals surface area contributed by atoms with Crippen molar-refractivity contribution in [2.24, 2.45) is 0 Å². The summed E-state index contributed by atoms with van der Waals surface area (Å²) in [5.74, 6) is 1.38. The molecule has 0 amide bonds. The van der Waals surface area contributed by atoms with Gasteiger partial charge in [0.15, 0.2) is 0 Å². The highest BCUT2D eigenvalue weighted by Gasteiger charge is 2.10. The lowest BCUT2D eigenvalue weighted by Gasteiger charge is -2.07. The van der Waals surface area contributed by atoms with Crippen LogP contribution in [0.5, 0.6) is 0 Å². The minimum Gasteiger partial charge on any atom is -0.440 e. The van der Waals surface area contributed by atoms with E-state index in [1.807, 2.05) is 55.4 Å². The zero-order valence-electron chi connectivity index (χ0n) is 10.7. The highest BCUT2D eigenvalue weighted by atomic mass is 79.9. The van der Waals surface area contributed by atoms with E-state index in [0.29, 0.717) is 11.3 Å². The molecule has 19 heavy (non-hydrogen) atoms. The topological polar surface area (TPSA) is 40.2 Å². The first-order valence-electron chi connectivity index (χ1n) is 5.75. The SMILES string of the molecule is CN(C)c1oc(C=C(C#N)c2ccccc2)cc1Br. The summed E-state index contributed by atoms with van der Waals surface area (Å²) in [5.41, 5.74) is 1.45. The second-order valence-corrected chi connectivity index (χ2v) is 5.09. The van der Waals surface area contributed by atoms with Crippen molar-refractivity contribution in [2.75, 3.05) is 19.0 Å². The Balaban J connectivity index is 2.40. The van der Waals surface area contributed by atoms with Crippen LogP contribution in [0, 0.1) is 11.3 Å². The lowest BCUT2D eigenvalue weighted by molar-refractivity contribution is 0.554. The standard InChI is InChI=1S/C15H13BrN2O/c1-18(2)15-14(16)9-13(19-15)8-12(10-17)11-6-4-3-5-7-11/h3-9H,1-2H3. The van der Waals surface area contributed by atoms with Gasteiger partial charge < -0.3 is 9.32 Å². The van der Waals surface area contributed by atoms with E-state index in [1.54, 1.807) is 6.08 Å². The number of hydrogen-bond acceptors (Lipinski definition) is 3. The summed E-state index contributed by atoms with van der Waals surface area (Å²) in [5, 5.41) is 9.24. The summed E-state index contributed by atoms with van der Waals surface area (Å²) >= 11 is 3.44. The third-order valence-corrected chi connectivity index (χ3v) is 3.15. The van der Waals surface area contributed by atoms with Gasteiger partial charge in [0.2, 0.25) is 5.88 Å². The molecular weight excluding hydrogens is 304 g/mol. The predicted octanol–water partition coefficient (Wildman–Crippen LogP) is 4.17. The number of benzene rings is 1. The van der Waals surface area contributed by atoms with Crippen LogP contribution in [-0.4, -0.2) is 14.1 Å². The van der Waals surface area contributed by atoms with E-state index in [4.69, 9.17) is 4.42 Å². The number of nitriles is 1. The number of furan rings is 1. The molecule has 3 nitrogen and oxygen atoms in total. The van der Waals surface area contributed by atoms with Crippen LogP contribution in [0.3, 0.4) is 0 Å². The molecule has 0 bridgehead atoms. The lowest BCUT2D eigenvalue weighted by Crippen LogP contribution is -2.07. The highest BCUT2D eigenvalue weighted by Crippen LogP contribution is 2.30. The molecule has 0 saturated carbocycles. The Kier molecular flexibility index (Phi) is 4.08. The van der Waals surface area contributed by atoms with Gasteiger partial charge in [0, 0.05) is 20.2 Å². The molecule has 96 valence electrons. The van der Waals surface area contributed by atoms with Gasteiger partial charge in [0.25, 0.3) is 0 Å². The van der Waals surface area contributed by atoms with E-state index >= 15 is 0 Å². The van der Waals surface area contributed by atoms with Crippen molar-refractivity contribution in [2.45, 2.75) is 0 Å². The van der Waals surface area contributed by atoms with Gasteiger partial charge in [0.05, 0.1) is 16.1 Å². The minimum atomic E-state index is 0.576. The van der Waals surface area contributed by atoms with Crippen molar-refractivity contribution < 1.29 is 4.42 Å². The molecule has 0 spiro atoms. The van der Waals surface area contributed by atoms with E-state index in [1.165, 1.54) is 0 Å². The fourth-order valence-electron chi connectivity index (χ4n) is 1.69. The molecule has 0 aliphatic heterocycles. The number of allylic oxidation sites excluding steroid dienone is 1. The van der Waals surface area contributed by atoms with E-state index < -0.39 is 0 Å². The molecule has 0 aliphatic carbocycles. The Labute approximate surface area is 120 Å². The van der Waals surface area contributed by atoms with Crippen LogP contribution in [0.25, 0.3) is 11.6 Å². The van der Waals surface area contributed by atoms with Gasteiger partial charge in [-0.3, -0.25) is 0 Å². The van der Waals surface area contributed by atoms with E-state index in [9.17, 15) is 5.26 Å². The summed E-state index contributed by atoms with van der Waals surface area (Å²) in [6, 6.07) is 13.6. The van der Waals surface area contributed by atoms with Gasteiger partial charge in [-0.2, -0.15) is 5.26 Å². The van der Waals surface area contributed by atoms with Crippen LogP contribution >= 0.6 is 15.9 Å². The van der Waals surface area contributed by atoms with Gasteiger partial charge in [0.1, 0.15) is 5.76 Å². The third-order valence-electron chi connectivity index (χ3n) is 2.59. The van der Waals surface area contributed by atoms with E-state index in [0.717, 1.165) is 15.9 Å². The third kappa shape index (κ3) is 3.07. The summed E-state index contributed by atoms with van der Waals surface area (Å²) in [6.45, 7) is 0. The molecule has 0 aliphatic rings.